The number of amides is 1. The Morgan fingerprint density at radius 3 is 2.68 bits per heavy atom. The highest BCUT2D eigenvalue weighted by Crippen LogP contribution is 2.34. The van der Waals surface area contributed by atoms with Gasteiger partial charge >= 0.3 is 5.97 Å². The number of rotatable bonds is 6. The fourth-order valence-corrected chi connectivity index (χ4v) is 5.02. The molecule has 1 amide bonds. The minimum atomic E-state index is -0.969. The molecule has 0 radical (unpaired) electrons. The minimum absolute atomic E-state index is 0.0659. The number of para-hydroxylation sites is 1. The highest BCUT2D eigenvalue weighted by atomic mass is 35.5. The van der Waals surface area contributed by atoms with Gasteiger partial charge in [0.2, 0.25) is 0 Å². The molecule has 4 rings (SSSR count). The van der Waals surface area contributed by atoms with Crippen LogP contribution in [0, 0.1) is 0 Å². The van der Waals surface area contributed by atoms with Crippen molar-refractivity contribution in [3.63, 3.8) is 0 Å². The molecule has 0 bridgehead atoms. The van der Waals surface area contributed by atoms with Crippen LogP contribution in [0.15, 0.2) is 53.6 Å². The first-order valence-corrected chi connectivity index (χ1v) is 11.3. The summed E-state index contributed by atoms with van der Waals surface area (Å²) in [7, 11) is 0. The van der Waals surface area contributed by atoms with Crippen LogP contribution in [0.1, 0.15) is 17.5 Å². The third-order valence-corrected chi connectivity index (χ3v) is 6.98. The molecule has 0 atom stereocenters. The van der Waals surface area contributed by atoms with Crippen LogP contribution in [0.3, 0.4) is 0 Å². The molecule has 2 aromatic carbocycles. The molecule has 5 nitrogen and oxygen atoms in total. The number of carboxylic acids is 1. The first-order chi connectivity index (χ1) is 14.8. The number of nitrogens with zero attached hydrogens (tertiary/aromatic N) is 2. The van der Waals surface area contributed by atoms with Crippen LogP contribution in [-0.4, -0.2) is 37.3 Å². The highest BCUT2D eigenvalue weighted by Gasteiger charge is 2.32. The van der Waals surface area contributed by atoms with Gasteiger partial charge in [-0.3, -0.25) is 14.5 Å². The van der Waals surface area contributed by atoms with Crippen molar-refractivity contribution in [1.29, 1.82) is 0 Å². The van der Waals surface area contributed by atoms with Crippen LogP contribution < -0.4 is 0 Å². The largest absolute Gasteiger partial charge is 0.481 e. The number of fused-ring (bicyclic) bond motifs is 1. The van der Waals surface area contributed by atoms with Gasteiger partial charge in [-0.25, -0.2) is 0 Å². The zero-order chi connectivity index (χ0) is 22.1. The smallest absolute Gasteiger partial charge is 0.305 e. The summed E-state index contributed by atoms with van der Waals surface area (Å²) in [5, 5.41) is 10.9. The quantitative estimate of drug-likeness (QED) is 0.356. The summed E-state index contributed by atoms with van der Waals surface area (Å²) in [5.41, 5.74) is 2.90. The SMILES string of the molecule is O=C(O)CCN1C(=O)/C(=C\c2cn(Cc3ccc(Cl)c(Cl)c3)c3ccccc23)SC1=S. The van der Waals surface area contributed by atoms with Gasteiger partial charge in [0.25, 0.3) is 5.91 Å². The number of halogens is 2. The Kier molecular flexibility index (Phi) is 6.39. The van der Waals surface area contributed by atoms with Gasteiger partial charge in [-0.2, -0.15) is 0 Å². The van der Waals surface area contributed by atoms with Crippen LogP contribution in [0.4, 0.5) is 0 Å². The molecule has 1 aromatic heterocycles. The van der Waals surface area contributed by atoms with E-state index in [-0.39, 0.29) is 18.9 Å². The number of thiocarbonyl (C=S) groups is 1. The number of benzene rings is 2. The van der Waals surface area contributed by atoms with E-state index in [1.165, 1.54) is 16.7 Å². The number of carbonyl (C=O) groups excluding carboxylic acids is 1. The van der Waals surface area contributed by atoms with Crippen LogP contribution in [0.2, 0.25) is 10.0 Å². The summed E-state index contributed by atoms with van der Waals surface area (Å²) in [6.45, 7) is 0.654. The van der Waals surface area contributed by atoms with E-state index in [0.717, 1.165) is 22.0 Å². The normalized spacial score (nSPS) is 15.4. The summed E-state index contributed by atoms with van der Waals surface area (Å²) < 4.78 is 2.46. The van der Waals surface area contributed by atoms with E-state index < -0.39 is 5.97 Å². The first-order valence-electron chi connectivity index (χ1n) is 9.32. The third-order valence-electron chi connectivity index (χ3n) is 4.87. The molecule has 9 heteroatoms. The molecule has 31 heavy (non-hydrogen) atoms. The number of carboxylic acid groups (broad SMARTS) is 1. The van der Waals surface area contributed by atoms with Crippen molar-refractivity contribution in [2.24, 2.45) is 0 Å². The van der Waals surface area contributed by atoms with Gasteiger partial charge in [0.15, 0.2) is 0 Å². The fraction of sp³-hybridized carbons (Fsp3) is 0.136. The Labute approximate surface area is 198 Å². The Hall–Kier alpha value is -2.32. The van der Waals surface area contributed by atoms with Gasteiger partial charge in [-0.05, 0) is 29.8 Å². The Morgan fingerprint density at radius 2 is 1.94 bits per heavy atom. The van der Waals surface area contributed by atoms with Gasteiger partial charge in [0, 0.05) is 35.8 Å². The second-order valence-electron chi connectivity index (χ2n) is 6.96. The van der Waals surface area contributed by atoms with Crippen LogP contribution in [0.5, 0.6) is 0 Å². The van der Waals surface area contributed by atoms with Crippen molar-refractivity contribution in [1.82, 2.24) is 9.47 Å². The molecule has 3 aromatic rings. The number of aliphatic carboxylic acids is 1. The molecular weight excluding hydrogens is 475 g/mol. The standard InChI is InChI=1S/C22H16Cl2N2O3S2/c23-16-6-5-13(9-17(16)24)11-25-12-14(15-3-1-2-4-18(15)25)10-19-21(29)26(22(30)31-19)8-7-20(27)28/h1-6,9-10,12H,7-8,11H2,(H,27,28)/b19-10+. The number of thioether (sulfide) groups is 1. The topological polar surface area (TPSA) is 62.5 Å². The Morgan fingerprint density at radius 1 is 1.16 bits per heavy atom. The Bertz CT molecular complexity index is 1250. The molecule has 0 unspecified atom stereocenters. The summed E-state index contributed by atoms with van der Waals surface area (Å²) in [5.74, 6) is -1.24. The molecule has 1 fully saturated rings. The third kappa shape index (κ3) is 4.65. The van der Waals surface area contributed by atoms with Crippen molar-refractivity contribution in [2.75, 3.05) is 6.54 Å². The van der Waals surface area contributed by atoms with E-state index in [4.69, 9.17) is 40.5 Å². The van der Waals surface area contributed by atoms with Crippen LogP contribution >= 0.6 is 47.2 Å². The number of hydrogen-bond donors (Lipinski definition) is 1. The predicted molar refractivity (Wildman–Crippen MR) is 130 cm³/mol. The first kappa shape index (κ1) is 21.9. The summed E-state index contributed by atoms with van der Waals surface area (Å²) in [6, 6.07) is 13.5. The molecular formula is C22H16Cl2N2O3S2. The monoisotopic (exact) mass is 490 g/mol. The van der Waals surface area contributed by atoms with Crippen LogP contribution in [-0.2, 0) is 16.1 Å². The summed E-state index contributed by atoms with van der Waals surface area (Å²) in [4.78, 5) is 25.4. The average molecular weight is 491 g/mol. The molecule has 158 valence electrons. The molecule has 0 saturated carbocycles. The zero-order valence-corrected chi connectivity index (χ0v) is 19.2. The Balaban J connectivity index is 1.67. The second kappa shape index (κ2) is 9.04. The molecule has 2 heterocycles. The maximum absolute atomic E-state index is 12.8. The van der Waals surface area contributed by atoms with E-state index in [9.17, 15) is 9.59 Å². The van der Waals surface area contributed by atoms with E-state index in [0.29, 0.717) is 25.8 Å². The zero-order valence-electron chi connectivity index (χ0n) is 16.0. The molecule has 1 N–H and O–H groups in total. The van der Waals surface area contributed by atoms with E-state index in [1.807, 2.05) is 48.7 Å². The predicted octanol–water partition coefficient (Wildman–Crippen LogP) is 5.67. The maximum atomic E-state index is 12.8. The molecule has 0 aliphatic carbocycles. The van der Waals surface area contributed by atoms with Gasteiger partial charge in [0.1, 0.15) is 4.32 Å². The average Bonchev–Trinajstić information content (AvgIpc) is 3.20. The van der Waals surface area contributed by atoms with Crippen molar-refractivity contribution in [2.45, 2.75) is 13.0 Å². The lowest BCUT2D eigenvalue weighted by Crippen LogP contribution is -2.30. The highest BCUT2D eigenvalue weighted by molar-refractivity contribution is 8.26. The molecule has 0 spiro atoms. The molecule has 1 saturated heterocycles. The lowest BCUT2D eigenvalue weighted by Gasteiger charge is -2.12. The number of carbonyl (C=O) groups is 2. The molecule has 1 aliphatic rings. The van der Waals surface area contributed by atoms with E-state index in [2.05, 4.69) is 4.57 Å². The van der Waals surface area contributed by atoms with Crippen molar-refractivity contribution in [3.8, 4) is 0 Å². The van der Waals surface area contributed by atoms with Crippen molar-refractivity contribution in [3.05, 3.63) is 74.7 Å². The second-order valence-corrected chi connectivity index (χ2v) is 9.45. The number of aromatic nitrogens is 1. The van der Waals surface area contributed by atoms with Gasteiger partial charge in [-0.1, -0.05) is 71.4 Å². The van der Waals surface area contributed by atoms with Crippen LogP contribution in [0.25, 0.3) is 17.0 Å². The lowest BCUT2D eigenvalue weighted by atomic mass is 10.1. The maximum Gasteiger partial charge on any atom is 0.305 e. The fourth-order valence-electron chi connectivity index (χ4n) is 3.40. The lowest BCUT2D eigenvalue weighted by molar-refractivity contribution is -0.137. The van der Waals surface area contributed by atoms with Crippen molar-refractivity contribution >= 4 is 80.4 Å². The van der Waals surface area contributed by atoms with E-state index in [1.54, 1.807) is 6.07 Å². The van der Waals surface area contributed by atoms with E-state index >= 15 is 0 Å². The van der Waals surface area contributed by atoms with Gasteiger partial charge < -0.3 is 9.67 Å². The summed E-state index contributed by atoms with van der Waals surface area (Å²) >= 11 is 18.7. The van der Waals surface area contributed by atoms with Gasteiger partial charge in [0.05, 0.1) is 21.4 Å². The van der Waals surface area contributed by atoms with Crippen molar-refractivity contribution < 1.29 is 14.7 Å². The number of hydrogen-bond acceptors (Lipinski definition) is 4. The summed E-state index contributed by atoms with van der Waals surface area (Å²) in [6.07, 6.45) is 3.65. The minimum Gasteiger partial charge on any atom is -0.481 e. The van der Waals surface area contributed by atoms with Gasteiger partial charge in [-0.15, -0.1) is 0 Å². The molecule has 1 aliphatic heterocycles.